The third-order valence-corrected chi connectivity index (χ3v) is 14.2. The van der Waals surface area contributed by atoms with E-state index in [1.807, 2.05) is 13.8 Å². The van der Waals surface area contributed by atoms with Gasteiger partial charge in [-0.1, -0.05) is 34.6 Å². The van der Waals surface area contributed by atoms with Crippen molar-refractivity contribution in [3.63, 3.8) is 0 Å². The molecule has 2 bridgehead atoms. The fourth-order valence-electron chi connectivity index (χ4n) is 12.7. The van der Waals surface area contributed by atoms with Crippen molar-refractivity contribution < 1.29 is 24.8 Å². The minimum absolute atomic E-state index is 0.0331. The van der Waals surface area contributed by atoms with E-state index in [1.54, 1.807) is 0 Å². The molecule has 3 N–H and O–H groups in total. The molecule has 13 atom stereocenters. The van der Waals surface area contributed by atoms with Crippen molar-refractivity contribution in [2.75, 3.05) is 0 Å². The van der Waals surface area contributed by atoms with Crippen molar-refractivity contribution in [3.8, 4) is 0 Å². The van der Waals surface area contributed by atoms with Gasteiger partial charge in [0.05, 0.1) is 17.8 Å². The molecule has 0 radical (unpaired) electrons. The molecular formula is C30H48O5. The van der Waals surface area contributed by atoms with Crippen molar-refractivity contribution in [1.82, 2.24) is 0 Å². The van der Waals surface area contributed by atoms with E-state index < -0.39 is 23.6 Å². The van der Waals surface area contributed by atoms with E-state index in [4.69, 9.17) is 9.47 Å². The van der Waals surface area contributed by atoms with Crippen LogP contribution in [0.2, 0.25) is 0 Å². The van der Waals surface area contributed by atoms with E-state index in [-0.39, 0.29) is 39.8 Å². The summed E-state index contributed by atoms with van der Waals surface area (Å²) in [4.78, 5) is 0. The average molecular weight is 489 g/mol. The smallest absolute Gasteiger partial charge is 0.199 e. The van der Waals surface area contributed by atoms with Gasteiger partial charge in [0, 0.05) is 11.3 Å². The average Bonchev–Trinajstić information content (AvgIpc) is 3.28. The Balaban J connectivity index is 1.33. The molecule has 5 heteroatoms. The first kappa shape index (κ1) is 23.9. The number of ether oxygens (including phenoxy) is 2. The zero-order valence-electron chi connectivity index (χ0n) is 22.9. The molecule has 35 heavy (non-hydrogen) atoms. The summed E-state index contributed by atoms with van der Waals surface area (Å²) in [6.45, 7) is 15.4. The number of fused-ring (bicyclic) bond motifs is 4. The molecule has 7 aliphatic rings. The van der Waals surface area contributed by atoms with Gasteiger partial charge in [0.25, 0.3) is 0 Å². The van der Waals surface area contributed by atoms with E-state index in [9.17, 15) is 15.3 Å². The lowest BCUT2D eigenvalue weighted by molar-refractivity contribution is -0.282. The highest BCUT2D eigenvalue weighted by molar-refractivity contribution is 5.34. The zero-order valence-corrected chi connectivity index (χ0v) is 22.9. The largest absolute Gasteiger partial charge is 0.393 e. The number of rotatable bonds is 1. The molecule has 5 unspecified atom stereocenters. The summed E-state index contributed by atoms with van der Waals surface area (Å²) in [5, 5.41) is 34.4. The summed E-state index contributed by atoms with van der Waals surface area (Å²) in [6.07, 6.45) is 7.36. The van der Waals surface area contributed by atoms with Gasteiger partial charge < -0.3 is 24.8 Å². The van der Waals surface area contributed by atoms with Crippen LogP contribution in [0.1, 0.15) is 99.8 Å². The molecule has 0 aromatic carbocycles. The van der Waals surface area contributed by atoms with Crippen LogP contribution in [0.5, 0.6) is 0 Å². The lowest BCUT2D eigenvalue weighted by atomic mass is 9.41. The second-order valence-corrected chi connectivity index (χ2v) is 15.9. The SMILES string of the molecule is C[C@@H]1C[C@H]2OC3(O[C@H]2C(C)(C)O)C1[C@@]1(C)CCC24CC25CC[C@H](O)C(C)(C)C5CC[C@H]4[C@]1(C)[C@@H]3O. The fourth-order valence-corrected chi connectivity index (χ4v) is 12.7. The van der Waals surface area contributed by atoms with Gasteiger partial charge in [-0.3, -0.25) is 0 Å². The Hall–Kier alpha value is -0.200. The Labute approximate surface area is 211 Å². The van der Waals surface area contributed by atoms with Gasteiger partial charge >= 0.3 is 0 Å². The minimum atomic E-state index is -1.01. The third-order valence-electron chi connectivity index (χ3n) is 14.2. The summed E-state index contributed by atoms with van der Waals surface area (Å²) >= 11 is 0. The standard InChI is InChI=1S/C30H48O5/c1-16-14-17-22(25(4,5)33)35-30(34-17)21(16)26(6)12-13-29-15-28(29)11-10-20(31)24(2,3)18(28)8-9-19(29)27(26,7)23(30)32/h16-23,31-33H,8-15H2,1-7H3/t16-,17-,18?,19+,20+,21?,22-,23+,26-,27-,28?,29?,30?/m1/s1. The van der Waals surface area contributed by atoms with Crippen LogP contribution in [0, 0.1) is 50.7 Å². The second kappa shape index (κ2) is 6.33. The quantitative estimate of drug-likeness (QED) is 0.500. The first-order valence-corrected chi connectivity index (χ1v) is 14.6. The Morgan fingerprint density at radius 3 is 2.20 bits per heavy atom. The van der Waals surface area contributed by atoms with Gasteiger partial charge in [-0.15, -0.1) is 0 Å². The van der Waals surface area contributed by atoms with Crippen LogP contribution < -0.4 is 0 Å². The van der Waals surface area contributed by atoms with Gasteiger partial charge in [-0.25, -0.2) is 0 Å². The summed E-state index contributed by atoms with van der Waals surface area (Å²) in [5.41, 5.74) is -0.788. The number of aliphatic hydroxyl groups excluding tert-OH is 2. The normalized spacial score (nSPS) is 63.9. The highest BCUT2D eigenvalue weighted by atomic mass is 16.8. The molecule has 5 nitrogen and oxygen atoms in total. The number of hydrogen-bond acceptors (Lipinski definition) is 5. The molecule has 3 spiro atoms. The van der Waals surface area contributed by atoms with Crippen molar-refractivity contribution in [2.45, 2.75) is 136 Å². The Bertz CT molecular complexity index is 957. The van der Waals surface area contributed by atoms with E-state index in [0.29, 0.717) is 23.2 Å². The molecule has 7 rings (SSSR count). The fraction of sp³-hybridized carbons (Fsp3) is 1.00. The monoisotopic (exact) mass is 488 g/mol. The van der Waals surface area contributed by atoms with Crippen LogP contribution in [0.4, 0.5) is 0 Å². The maximum absolute atomic E-state index is 12.5. The van der Waals surface area contributed by atoms with Gasteiger partial charge in [-0.2, -0.15) is 0 Å². The maximum atomic E-state index is 12.5. The summed E-state index contributed by atoms with van der Waals surface area (Å²) in [5.74, 6) is 0.523. The lowest BCUT2D eigenvalue weighted by Gasteiger charge is -2.63. The molecule has 0 amide bonds. The van der Waals surface area contributed by atoms with E-state index in [1.165, 1.54) is 12.8 Å². The molecule has 5 saturated carbocycles. The first-order chi connectivity index (χ1) is 16.1. The molecule has 0 aromatic rings. The topological polar surface area (TPSA) is 79.2 Å². The molecule has 5 aliphatic carbocycles. The molecule has 198 valence electrons. The lowest BCUT2D eigenvalue weighted by Crippen LogP contribution is -2.60. The van der Waals surface area contributed by atoms with Crippen molar-refractivity contribution in [1.29, 1.82) is 0 Å². The number of aliphatic hydroxyl groups is 3. The van der Waals surface area contributed by atoms with Crippen LogP contribution in [0.3, 0.4) is 0 Å². The molecule has 2 saturated heterocycles. The van der Waals surface area contributed by atoms with Crippen molar-refractivity contribution in [2.24, 2.45) is 50.7 Å². The predicted octanol–water partition coefficient (Wildman–Crippen LogP) is 4.66. The summed E-state index contributed by atoms with van der Waals surface area (Å²) in [7, 11) is 0. The van der Waals surface area contributed by atoms with Gasteiger partial charge in [0.2, 0.25) is 0 Å². The minimum Gasteiger partial charge on any atom is -0.393 e. The van der Waals surface area contributed by atoms with Crippen LogP contribution >= 0.6 is 0 Å². The van der Waals surface area contributed by atoms with Crippen LogP contribution in [0.25, 0.3) is 0 Å². The summed E-state index contributed by atoms with van der Waals surface area (Å²) < 4.78 is 13.6. The Morgan fingerprint density at radius 1 is 0.857 bits per heavy atom. The van der Waals surface area contributed by atoms with E-state index in [2.05, 4.69) is 34.6 Å². The Morgan fingerprint density at radius 2 is 1.51 bits per heavy atom. The van der Waals surface area contributed by atoms with Crippen LogP contribution in [0.15, 0.2) is 0 Å². The van der Waals surface area contributed by atoms with Crippen LogP contribution in [-0.4, -0.2) is 51.1 Å². The number of hydrogen-bond donors (Lipinski definition) is 3. The zero-order chi connectivity index (χ0) is 25.2. The predicted molar refractivity (Wildman–Crippen MR) is 132 cm³/mol. The van der Waals surface area contributed by atoms with E-state index in [0.717, 1.165) is 38.5 Å². The second-order valence-electron chi connectivity index (χ2n) is 15.9. The van der Waals surface area contributed by atoms with E-state index >= 15 is 0 Å². The Kier molecular flexibility index (Phi) is 4.32. The first-order valence-electron chi connectivity index (χ1n) is 14.6. The highest BCUT2D eigenvalue weighted by Gasteiger charge is 2.88. The summed E-state index contributed by atoms with van der Waals surface area (Å²) in [6, 6.07) is 0. The third kappa shape index (κ3) is 2.30. The van der Waals surface area contributed by atoms with Crippen LogP contribution in [-0.2, 0) is 9.47 Å². The van der Waals surface area contributed by atoms with Gasteiger partial charge in [0.1, 0.15) is 12.2 Å². The maximum Gasteiger partial charge on any atom is 0.199 e. The molecule has 0 aromatic heterocycles. The molecular weight excluding hydrogens is 440 g/mol. The van der Waals surface area contributed by atoms with Gasteiger partial charge in [0.15, 0.2) is 5.79 Å². The van der Waals surface area contributed by atoms with Gasteiger partial charge in [-0.05, 0) is 105 Å². The van der Waals surface area contributed by atoms with Crippen molar-refractivity contribution >= 4 is 0 Å². The molecule has 2 heterocycles. The van der Waals surface area contributed by atoms with Crippen molar-refractivity contribution in [3.05, 3.63) is 0 Å². The highest BCUT2D eigenvalue weighted by Crippen LogP contribution is 2.90. The molecule has 7 fully saturated rings. The molecule has 2 aliphatic heterocycles.